The second kappa shape index (κ2) is 18.4. The highest BCUT2D eigenvalue weighted by Gasteiger charge is 2.18. The minimum Gasteiger partial charge on any atom is -0.480 e. The normalized spacial score (nSPS) is 12.0. The number of carboxylic acid groups (broad SMARTS) is 4. The van der Waals surface area contributed by atoms with Crippen LogP contribution in [0.4, 0.5) is 0 Å². The summed E-state index contributed by atoms with van der Waals surface area (Å²) in [4.78, 5) is 59.5. The highest BCUT2D eigenvalue weighted by Crippen LogP contribution is 2.16. The quantitative estimate of drug-likeness (QED) is 0.158. The smallest absolute Gasteiger partial charge is 0.317 e. The van der Waals surface area contributed by atoms with Crippen molar-refractivity contribution in [2.24, 2.45) is 0 Å². The number of carboxylic acids is 4. The summed E-state index contributed by atoms with van der Waals surface area (Å²) in [6, 6.07) is 7.48. The second-order valence-electron chi connectivity index (χ2n) is 10.9. The van der Waals surface area contributed by atoms with Gasteiger partial charge in [0.1, 0.15) is 0 Å². The zero-order chi connectivity index (χ0) is 33.5. The van der Waals surface area contributed by atoms with Crippen molar-refractivity contribution in [2.45, 2.75) is 60.3 Å². The summed E-state index contributed by atoms with van der Waals surface area (Å²) in [6.07, 6.45) is 6.81. The third-order valence-corrected chi connectivity index (χ3v) is 6.60. The first kappa shape index (κ1) is 36.7. The number of nitrogens with zero attached hydrogens (tertiary/aromatic N) is 5. The largest absolute Gasteiger partial charge is 0.480 e. The van der Waals surface area contributed by atoms with Gasteiger partial charge in [-0.2, -0.15) is 0 Å². The molecule has 2 rings (SSSR count). The molecule has 45 heavy (non-hydrogen) atoms. The van der Waals surface area contributed by atoms with Gasteiger partial charge in [-0.3, -0.25) is 43.8 Å². The number of aromatic nitrogens is 2. The van der Waals surface area contributed by atoms with Crippen LogP contribution in [0.2, 0.25) is 0 Å². The fourth-order valence-corrected chi connectivity index (χ4v) is 5.01. The van der Waals surface area contributed by atoms with Crippen molar-refractivity contribution in [1.82, 2.24) is 24.7 Å². The fraction of sp³-hybridized carbons (Fsp3) is 0.438. The van der Waals surface area contributed by atoms with Crippen LogP contribution in [0.15, 0.2) is 48.1 Å². The van der Waals surface area contributed by atoms with E-state index >= 15 is 0 Å². The number of aliphatic carboxylic acids is 4. The monoisotopic (exact) mass is 625 g/mol. The summed E-state index contributed by atoms with van der Waals surface area (Å²) in [5.41, 5.74) is 5.52. The molecule has 0 aliphatic rings. The molecule has 2 heterocycles. The molecular weight excluding hydrogens is 582 g/mol. The summed E-state index contributed by atoms with van der Waals surface area (Å²) in [7, 11) is 0. The van der Waals surface area contributed by atoms with E-state index in [0.717, 1.165) is 34.5 Å². The van der Waals surface area contributed by atoms with Crippen LogP contribution in [0.5, 0.6) is 0 Å². The number of allylic oxidation sites excluding steroid dienone is 3. The topological polar surface area (TPSA) is 185 Å². The van der Waals surface area contributed by atoms with Crippen LogP contribution in [0.1, 0.15) is 54.2 Å². The average molecular weight is 626 g/mol. The molecular formula is C32H43N5O8. The third kappa shape index (κ3) is 14.7. The lowest BCUT2D eigenvalue weighted by atomic mass is 10.1. The van der Waals surface area contributed by atoms with E-state index in [-0.39, 0.29) is 13.1 Å². The lowest BCUT2D eigenvalue weighted by Gasteiger charge is -2.24. The van der Waals surface area contributed by atoms with Gasteiger partial charge in [-0.05, 0) is 69.5 Å². The maximum absolute atomic E-state index is 11.3. The lowest BCUT2D eigenvalue weighted by molar-refractivity contribution is -0.144. The molecule has 244 valence electrons. The molecule has 0 amide bonds. The van der Waals surface area contributed by atoms with E-state index in [2.05, 4.69) is 4.90 Å². The SMILES string of the molecule is C/C=C\C(=C/C)CCN(Cc1cc(C)cc(CN(CC(=O)O)CC(=O)O)n1)Cc1cc(C)cc(CN(CC(=O)O)CC(=O)O)n1. The molecule has 0 atom stereocenters. The second-order valence-corrected chi connectivity index (χ2v) is 10.9. The van der Waals surface area contributed by atoms with E-state index in [1.807, 2.05) is 70.2 Å². The van der Waals surface area contributed by atoms with Gasteiger partial charge in [0.15, 0.2) is 0 Å². The average Bonchev–Trinajstić information content (AvgIpc) is 2.88. The fourth-order valence-electron chi connectivity index (χ4n) is 5.01. The standard InChI is InChI=1S/C32H43N5O8/c1-5-7-24(6-2)8-9-35(14-25-10-22(3)12-27(33-25)16-36(18-29(38)39)19-30(40)41)15-26-11-23(4)13-28(34-26)17-37(20-31(42)43)21-32(44)45/h5-7,10-13H,8-9,14-21H2,1-4H3,(H,38,39)(H,40,41)(H,42,43)(H,44,45)/b7-5-,24-6+. The van der Waals surface area contributed by atoms with Crippen LogP contribution >= 0.6 is 0 Å². The molecule has 13 heteroatoms. The Bertz CT molecular complexity index is 1290. The number of aryl methyl sites for hydroxylation is 2. The molecule has 4 N–H and O–H groups in total. The summed E-state index contributed by atoms with van der Waals surface area (Å²) < 4.78 is 0. The molecule has 0 fully saturated rings. The molecule has 0 spiro atoms. The van der Waals surface area contributed by atoms with Crippen molar-refractivity contribution in [2.75, 3.05) is 32.7 Å². The highest BCUT2D eigenvalue weighted by molar-refractivity contribution is 5.73. The third-order valence-electron chi connectivity index (χ3n) is 6.60. The van der Waals surface area contributed by atoms with Crippen LogP contribution in [-0.4, -0.2) is 102 Å². The summed E-state index contributed by atoms with van der Waals surface area (Å²) in [5.74, 6) is -4.52. The number of hydrogen-bond acceptors (Lipinski definition) is 9. The predicted molar refractivity (Wildman–Crippen MR) is 166 cm³/mol. The summed E-state index contributed by atoms with van der Waals surface area (Å²) in [6.45, 7) is 7.61. The Morgan fingerprint density at radius 1 is 0.622 bits per heavy atom. The number of pyridine rings is 2. The van der Waals surface area contributed by atoms with Gasteiger partial charge in [0.05, 0.1) is 49.0 Å². The maximum atomic E-state index is 11.3. The van der Waals surface area contributed by atoms with Crippen molar-refractivity contribution < 1.29 is 39.6 Å². The molecule has 0 unspecified atom stereocenters. The minimum absolute atomic E-state index is 0.0588. The molecule has 2 aromatic rings. The van der Waals surface area contributed by atoms with E-state index in [1.54, 1.807) is 0 Å². The minimum atomic E-state index is -1.13. The molecule has 0 aliphatic heterocycles. The highest BCUT2D eigenvalue weighted by atomic mass is 16.4. The maximum Gasteiger partial charge on any atom is 0.317 e. The van der Waals surface area contributed by atoms with E-state index < -0.39 is 50.1 Å². The molecule has 0 aromatic carbocycles. The van der Waals surface area contributed by atoms with Crippen molar-refractivity contribution in [1.29, 1.82) is 0 Å². The Morgan fingerprint density at radius 2 is 0.956 bits per heavy atom. The van der Waals surface area contributed by atoms with Gasteiger partial charge in [-0.1, -0.05) is 23.8 Å². The van der Waals surface area contributed by atoms with Crippen molar-refractivity contribution in [3.05, 3.63) is 82.0 Å². The Balaban J connectivity index is 2.38. The van der Waals surface area contributed by atoms with Crippen LogP contribution < -0.4 is 0 Å². The van der Waals surface area contributed by atoms with Gasteiger partial charge in [-0.15, -0.1) is 0 Å². The first-order valence-electron chi connectivity index (χ1n) is 14.5. The van der Waals surface area contributed by atoms with Gasteiger partial charge in [0.25, 0.3) is 0 Å². The number of carbonyl (C=O) groups is 4. The predicted octanol–water partition coefficient (Wildman–Crippen LogP) is 2.95. The molecule has 0 bridgehead atoms. The Morgan fingerprint density at radius 3 is 1.24 bits per heavy atom. The molecule has 0 saturated carbocycles. The first-order chi connectivity index (χ1) is 21.3. The number of rotatable bonds is 20. The lowest BCUT2D eigenvalue weighted by Crippen LogP contribution is -2.34. The Kier molecular flexibility index (Phi) is 15.0. The van der Waals surface area contributed by atoms with Gasteiger partial charge < -0.3 is 20.4 Å². The summed E-state index contributed by atoms with van der Waals surface area (Å²) >= 11 is 0. The van der Waals surface area contributed by atoms with E-state index in [0.29, 0.717) is 31.0 Å². The van der Waals surface area contributed by atoms with Gasteiger partial charge in [0.2, 0.25) is 0 Å². The molecule has 13 nitrogen and oxygen atoms in total. The zero-order valence-corrected chi connectivity index (χ0v) is 26.3. The van der Waals surface area contributed by atoms with Gasteiger partial charge in [0, 0.05) is 32.7 Å². The Labute approximate surface area is 263 Å². The van der Waals surface area contributed by atoms with E-state index in [9.17, 15) is 39.6 Å². The molecule has 0 saturated heterocycles. The van der Waals surface area contributed by atoms with Crippen LogP contribution in [0.3, 0.4) is 0 Å². The Hall–Kier alpha value is -4.46. The zero-order valence-electron chi connectivity index (χ0n) is 26.3. The van der Waals surface area contributed by atoms with Crippen LogP contribution in [0.25, 0.3) is 0 Å². The van der Waals surface area contributed by atoms with Crippen LogP contribution in [0, 0.1) is 13.8 Å². The molecule has 0 aliphatic carbocycles. The van der Waals surface area contributed by atoms with E-state index in [4.69, 9.17) is 9.97 Å². The van der Waals surface area contributed by atoms with Gasteiger partial charge in [-0.25, -0.2) is 0 Å². The number of hydrogen-bond donors (Lipinski definition) is 4. The van der Waals surface area contributed by atoms with Crippen molar-refractivity contribution >= 4 is 23.9 Å². The first-order valence-corrected chi connectivity index (χ1v) is 14.5. The van der Waals surface area contributed by atoms with Crippen molar-refractivity contribution in [3.63, 3.8) is 0 Å². The van der Waals surface area contributed by atoms with Crippen molar-refractivity contribution in [3.8, 4) is 0 Å². The molecule has 2 aromatic heterocycles. The van der Waals surface area contributed by atoms with Gasteiger partial charge >= 0.3 is 23.9 Å². The molecule has 0 radical (unpaired) electrons. The van der Waals surface area contributed by atoms with E-state index in [1.165, 1.54) is 9.80 Å². The van der Waals surface area contributed by atoms with Crippen LogP contribution in [-0.2, 0) is 45.4 Å². The summed E-state index contributed by atoms with van der Waals surface area (Å²) in [5, 5.41) is 37.0.